The molecular weight excluding hydrogens is 210 g/mol. The summed E-state index contributed by atoms with van der Waals surface area (Å²) < 4.78 is 0. The lowest BCUT2D eigenvalue weighted by Gasteiger charge is -2.21. The zero-order valence-corrected chi connectivity index (χ0v) is 10.5. The minimum absolute atomic E-state index is 0.658. The van der Waals surface area contributed by atoms with Crippen molar-refractivity contribution in [2.24, 2.45) is 0 Å². The van der Waals surface area contributed by atoms with Gasteiger partial charge in [0.25, 0.3) is 0 Å². The summed E-state index contributed by atoms with van der Waals surface area (Å²) >= 11 is 0. The number of hydrogen-bond donors (Lipinski definition) is 0. The van der Waals surface area contributed by atoms with E-state index in [9.17, 15) is 4.79 Å². The average molecular weight is 229 g/mol. The van der Waals surface area contributed by atoms with Crippen LogP contribution in [0, 0.1) is 0 Å². The lowest BCUT2D eigenvalue weighted by molar-refractivity contribution is -0.103. The summed E-state index contributed by atoms with van der Waals surface area (Å²) in [4.78, 5) is 13.2. The van der Waals surface area contributed by atoms with Crippen LogP contribution in [0.4, 0.5) is 5.69 Å². The molecule has 0 spiro atoms. The predicted molar refractivity (Wildman–Crippen MR) is 74.2 cm³/mol. The molecule has 0 aliphatic carbocycles. The van der Waals surface area contributed by atoms with E-state index in [0.717, 1.165) is 24.9 Å². The van der Waals surface area contributed by atoms with Crippen molar-refractivity contribution in [2.45, 2.75) is 13.8 Å². The van der Waals surface area contributed by atoms with Crippen molar-refractivity contribution in [1.29, 1.82) is 0 Å². The summed E-state index contributed by atoms with van der Waals surface area (Å²) in [6, 6.07) is 8.03. The third kappa shape index (κ3) is 3.31. The second-order valence-corrected chi connectivity index (χ2v) is 3.69. The molecule has 0 fully saturated rings. The Labute approximate surface area is 103 Å². The molecule has 0 N–H and O–H groups in total. The Bertz CT molecular complexity index is 399. The minimum Gasteiger partial charge on any atom is -0.372 e. The van der Waals surface area contributed by atoms with Crippen molar-refractivity contribution in [3.8, 4) is 0 Å². The predicted octanol–water partition coefficient (Wildman–Crippen LogP) is 3.30. The van der Waals surface area contributed by atoms with Gasteiger partial charge in [-0.05, 0) is 31.5 Å². The van der Waals surface area contributed by atoms with Crippen molar-refractivity contribution in [3.05, 3.63) is 48.6 Å². The molecule has 0 unspecified atom stereocenters. The second kappa shape index (κ2) is 6.69. The van der Waals surface area contributed by atoms with Crippen molar-refractivity contribution in [3.63, 3.8) is 0 Å². The number of hydrogen-bond acceptors (Lipinski definition) is 2. The van der Waals surface area contributed by atoms with Crippen LogP contribution in [0.5, 0.6) is 0 Å². The molecule has 0 aliphatic rings. The summed E-state index contributed by atoms with van der Waals surface area (Å²) in [5, 5.41) is 0. The number of rotatable bonds is 6. The van der Waals surface area contributed by atoms with Crippen LogP contribution >= 0.6 is 0 Å². The number of carbonyl (C=O) groups is 1. The van der Waals surface area contributed by atoms with Crippen LogP contribution in [0.15, 0.2) is 43.0 Å². The fraction of sp³-hybridized carbons (Fsp3) is 0.267. The van der Waals surface area contributed by atoms with E-state index in [1.54, 1.807) is 12.2 Å². The van der Waals surface area contributed by atoms with Crippen molar-refractivity contribution in [1.82, 2.24) is 0 Å². The van der Waals surface area contributed by atoms with Gasteiger partial charge in [-0.2, -0.15) is 0 Å². The van der Waals surface area contributed by atoms with Gasteiger partial charge >= 0.3 is 0 Å². The summed E-state index contributed by atoms with van der Waals surface area (Å²) in [6.07, 6.45) is 4.20. The number of benzene rings is 1. The third-order valence-corrected chi connectivity index (χ3v) is 2.75. The number of nitrogens with zero attached hydrogens (tertiary/aromatic N) is 1. The summed E-state index contributed by atoms with van der Waals surface area (Å²) in [6.45, 7) is 9.83. The quantitative estimate of drug-likeness (QED) is 0.424. The van der Waals surface area contributed by atoms with Crippen LogP contribution in [-0.2, 0) is 4.79 Å². The highest BCUT2D eigenvalue weighted by Gasteiger charge is 2.03. The molecule has 0 bridgehead atoms. The SMILES string of the molecule is C=CC=C(C=O)c1ccc(N(CC)CC)cc1. The molecule has 0 aromatic heterocycles. The van der Waals surface area contributed by atoms with Crippen molar-refractivity contribution in [2.75, 3.05) is 18.0 Å². The molecule has 0 aliphatic heterocycles. The Morgan fingerprint density at radius 3 is 2.24 bits per heavy atom. The smallest absolute Gasteiger partial charge is 0.150 e. The molecular formula is C15H19NO. The molecule has 1 rings (SSSR count). The van der Waals surface area contributed by atoms with Gasteiger partial charge in [0, 0.05) is 24.4 Å². The van der Waals surface area contributed by atoms with E-state index in [1.807, 2.05) is 24.3 Å². The van der Waals surface area contributed by atoms with E-state index >= 15 is 0 Å². The Morgan fingerprint density at radius 2 is 1.82 bits per heavy atom. The molecule has 2 heteroatoms. The van der Waals surface area contributed by atoms with Gasteiger partial charge in [0.1, 0.15) is 0 Å². The van der Waals surface area contributed by atoms with Crippen molar-refractivity contribution >= 4 is 17.5 Å². The van der Waals surface area contributed by atoms with Crippen LogP contribution < -0.4 is 4.90 Å². The van der Waals surface area contributed by atoms with Crippen LogP contribution in [-0.4, -0.2) is 19.4 Å². The van der Waals surface area contributed by atoms with Gasteiger partial charge in [0.2, 0.25) is 0 Å². The molecule has 0 atom stereocenters. The third-order valence-electron chi connectivity index (χ3n) is 2.75. The maximum Gasteiger partial charge on any atom is 0.150 e. The topological polar surface area (TPSA) is 20.3 Å². The first-order valence-corrected chi connectivity index (χ1v) is 5.90. The van der Waals surface area contributed by atoms with Crippen LogP contribution in [0.2, 0.25) is 0 Å². The molecule has 0 saturated carbocycles. The molecule has 2 nitrogen and oxygen atoms in total. The monoisotopic (exact) mass is 229 g/mol. The lowest BCUT2D eigenvalue weighted by Crippen LogP contribution is -2.21. The van der Waals surface area contributed by atoms with Gasteiger partial charge < -0.3 is 4.90 Å². The zero-order chi connectivity index (χ0) is 12.7. The van der Waals surface area contributed by atoms with Crippen LogP contribution in [0.25, 0.3) is 5.57 Å². The van der Waals surface area contributed by atoms with E-state index in [-0.39, 0.29) is 0 Å². The maximum absolute atomic E-state index is 10.9. The summed E-state index contributed by atoms with van der Waals surface area (Å²) in [5.41, 5.74) is 2.77. The Morgan fingerprint density at radius 1 is 1.24 bits per heavy atom. The Balaban J connectivity index is 2.98. The highest BCUT2D eigenvalue weighted by molar-refractivity contribution is 6.07. The van der Waals surface area contributed by atoms with Gasteiger partial charge in [-0.25, -0.2) is 0 Å². The van der Waals surface area contributed by atoms with E-state index in [2.05, 4.69) is 25.3 Å². The van der Waals surface area contributed by atoms with Gasteiger partial charge in [0.05, 0.1) is 0 Å². The molecule has 0 radical (unpaired) electrons. The first-order valence-electron chi connectivity index (χ1n) is 5.90. The van der Waals surface area contributed by atoms with Gasteiger partial charge in [0.15, 0.2) is 6.29 Å². The molecule has 0 amide bonds. The first-order chi connectivity index (χ1) is 8.26. The van der Waals surface area contributed by atoms with Crippen LogP contribution in [0.3, 0.4) is 0 Å². The van der Waals surface area contributed by atoms with Crippen LogP contribution in [0.1, 0.15) is 19.4 Å². The molecule has 1 aromatic carbocycles. The summed E-state index contributed by atoms with van der Waals surface area (Å²) in [5.74, 6) is 0. The zero-order valence-electron chi connectivity index (χ0n) is 10.5. The molecule has 0 saturated heterocycles. The van der Waals surface area contributed by atoms with E-state index in [0.29, 0.717) is 5.57 Å². The first kappa shape index (κ1) is 13.2. The molecule has 0 heterocycles. The summed E-state index contributed by atoms with van der Waals surface area (Å²) in [7, 11) is 0. The standard InChI is InChI=1S/C15H19NO/c1-4-7-14(12-17)13-8-10-15(11-9-13)16(5-2)6-3/h4,7-12H,1,5-6H2,2-3H3. The van der Waals surface area contributed by atoms with Gasteiger partial charge in [-0.3, -0.25) is 4.79 Å². The number of anilines is 1. The van der Waals surface area contributed by atoms with E-state index in [4.69, 9.17) is 0 Å². The number of carbonyl (C=O) groups excluding carboxylic acids is 1. The van der Waals surface area contributed by atoms with Gasteiger partial charge in [-0.1, -0.05) is 30.9 Å². The number of allylic oxidation sites excluding steroid dienone is 3. The lowest BCUT2D eigenvalue weighted by atomic mass is 10.1. The molecule has 17 heavy (non-hydrogen) atoms. The largest absolute Gasteiger partial charge is 0.372 e. The average Bonchev–Trinajstić information content (AvgIpc) is 2.38. The Hall–Kier alpha value is -1.83. The molecule has 1 aromatic rings. The number of aldehydes is 1. The van der Waals surface area contributed by atoms with Gasteiger partial charge in [-0.15, -0.1) is 0 Å². The normalized spacial score (nSPS) is 11.1. The molecule has 90 valence electrons. The van der Waals surface area contributed by atoms with E-state index in [1.165, 1.54) is 5.69 Å². The fourth-order valence-electron chi connectivity index (χ4n) is 1.78. The Kier molecular flexibility index (Phi) is 5.21. The van der Waals surface area contributed by atoms with E-state index < -0.39 is 0 Å². The fourth-order valence-corrected chi connectivity index (χ4v) is 1.78. The second-order valence-electron chi connectivity index (χ2n) is 3.69. The maximum atomic E-state index is 10.9. The highest BCUT2D eigenvalue weighted by Crippen LogP contribution is 2.19. The highest BCUT2D eigenvalue weighted by atomic mass is 16.1. The minimum atomic E-state index is 0.658. The van der Waals surface area contributed by atoms with Crippen molar-refractivity contribution < 1.29 is 4.79 Å².